The SMILES string of the molecule is CC(=O)c1cccc(S(=O)(=O)NC2(CC(=O)O)CCC2)c1. The molecule has 0 saturated heterocycles. The number of hydrogen-bond donors (Lipinski definition) is 2. The number of carbonyl (C=O) groups is 2. The minimum atomic E-state index is -3.85. The first kappa shape index (κ1) is 15.7. The normalized spacial score (nSPS) is 17.0. The first-order valence-electron chi connectivity index (χ1n) is 6.61. The fourth-order valence-electron chi connectivity index (χ4n) is 2.43. The number of carbonyl (C=O) groups excluding carboxylic acids is 1. The summed E-state index contributed by atoms with van der Waals surface area (Å²) in [6.45, 7) is 1.36. The van der Waals surface area contributed by atoms with E-state index in [2.05, 4.69) is 4.72 Å². The number of ketones is 1. The molecule has 21 heavy (non-hydrogen) atoms. The van der Waals surface area contributed by atoms with Gasteiger partial charge in [0.05, 0.1) is 11.3 Å². The van der Waals surface area contributed by atoms with Gasteiger partial charge < -0.3 is 5.11 Å². The number of carboxylic acid groups (broad SMARTS) is 1. The maximum absolute atomic E-state index is 12.4. The lowest BCUT2D eigenvalue weighted by Gasteiger charge is -2.40. The third kappa shape index (κ3) is 3.48. The molecule has 114 valence electrons. The zero-order valence-electron chi connectivity index (χ0n) is 11.6. The summed E-state index contributed by atoms with van der Waals surface area (Å²) in [6.07, 6.45) is 1.57. The van der Waals surface area contributed by atoms with Crippen LogP contribution in [0, 0.1) is 0 Å². The smallest absolute Gasteiger partial charge is 0.305 e. The lowest BCUT2D eigenvalue weighted by Crippen LogP contribution is -2.54. The molecule has 2 rings (SSSR count). The Morgan fingerprint density at radius 3 is 2.48 bits per heavy atom. The third-order valence-electron chi connectivity index (χ3n) is 3.70. The molecule has 0 aromatic heterocycles. The minimum absolute atomic E-state index is 0.0214. The van der Waals surface area contributed by atoms with E-state index in [-0.39, 0.29) is 17.1 Å². The van der Waals surface area contributed by atoms with Crippen LogP contribution in [0.15, 0.2) is 29.2 Å². The van der Waals surface area contributed by atoms with Crippen LogP contribution in [0.2, 0.25) is 0 Å². The fourth-order valence-corrected chi connectivity index (χ4v) is 3.94. The first-order chi connectivity index (χ1) is 9.74. The second-order valence-corrected chi connectivity index (χ2v) is 7.08. The van der Waals surface area contributed by atoms with Crippen LogP contribution < -0.4 is 4.72 Å². The van der Waals surface area contributed by atoms with Crippen molar-refractivity contribution in [2.45, 2.75) is 43.0 Å². The van der Waals surface area contributed by atoms with Crippen LogP contribution in [0.25, 0.3) is 0 Å². The van der Waals surface area contributed by atoms with Crippen molar-refractivity contribution in [3.63, 3.8) is 0 Å². The van der Waals surface area contributed by atoms with Crippen molar-refractivity contribution in [3.8, 4) is 0 Å². The van der Waals surface area contributed by atoms with Crippen LogP contribution in [-0.2, 0) is 14.8 Å². The van der Waals surface area contributed by atoms with E-state index < -0.39 is 21.5 Å². The van der Waals surface area contributed by atoms with Gasteiger partial charge in [0.2, 0.25) is 10.0 Å². The number of nitrogens with one attached hydrogen (secondary N) is 1. The van der Waals surface area contributed by atoms with Crippen molar-refractivity contribution in [2.24, 2.45) is 0 Å². The molecular weight excluding hydrogens is 294 g/mol. The van der Waals surface area contributed by atoms with Gasteiger partial charge in [-0.2, -0.15) is 0 Å². The third-order valence-corrected chi connectivity index (χ3v) is 5.28. The van der Waals surface area contributed by atoms with Crippen LogP contribution >= 0.6 is 0 Å². The summed E-state index contributed by atoms with van der Waals surface area (Å²) in [5, 5.41) is 8.92. The van der Waals surface area contributed by atoms with Gasteiger partial charge in [-0.3, -0.25) is 9.59 Å². The maximum Gasteiger partial charge on any atom is 0.305 e. The molecule has 7 heteroatoms. The average Bonchev–Trinajstić information content (AvgIpc) is 2.35. The standard InChI is InChI=1S/C14H17NO5S/c1-10(16)11-4-2-5-12(8-11)21(19,20)15-14(6-3-7-14)9-13(17)18/h2,4-5,8,15H,3,6-7,9H2,1H3,(H,17,18). The first-order valence-corrected chi connectivity index (χ1v) is 8.09. The van der Waals surface area contributed by atoms with Gasteiger partial charge in [0.25, 0.3) is 0 Å². The Labute approximate surface area is 123 Å². The van der Waals surface area contributed by atoms with Crippen LogP contribution in [0.4, 0.5) is 0 Å². The van der Waals surface area contributed by atoms with Gasteiger partial charge in [-0.1, -0.05) is 12.1 Å². The number of carboxylic acids is 1. The summed E-state index contributed by atoms with van der Waals surface area (Å²) in [6, 6.07) is 5.73. The van der Waals surface area contributed by atoms with Crippen molar-refractivity contribution in [1.29, 1.82) is 0 Å². The average molecular weight is 311 g/mol. The van der Waals surface area contributed by atoms with E-state index in [9.17, 15) is 18.0 Å². The van der Waals surface area contributed by atoms with Crippen molar-refractivity contribution >= 4 is 21.8 Å². The summed E-state index contributed by atoms with van der Waals surface area (Å²) in [5.74, 6) is -1.26. The lowest BCUT2D eigenvalue weighted by molar-refractivity contribution is -0.139. The maximum atomic E-state index is 12.4. The van der Waals surface area contributed by atoms with Gasteiger partial charge in [-0.25, -0.2) is 13.1 Å². The number of hydrogen-bond acceptors (Lipinski definition) is 4. The van der Waals surface area contributed by atoms with E-state index in [0.717, 1.165) is 6.42 Å². The van der Waals surface area contributed by atoms with Crippen LogP contribution in [0.5, 0.6) is 0 Å². The van der Waals surface area contributed by atoms with Crippen LogP contribution in [-0.4, -0.2) is 30.8 Å². The molecule has 1 aromatic carbocycles. The van der Waals surface area contributed by atoms with Crippen molar-refractivity contribution in [1.82, 2.24) is 4.72 Å². The number of Topliss-reactive ketones (excluding diaryl/α,β-unsaturated/α-hetero) is 1. The summed E-state index contributed by atoms with van der Waals surface area (Å²) < 4.78 is 27.3. The second-order valence-electron chi connectivity index (χ2n) is 5.39. The summed E-state index contributed by atoms with van der Waals surface area (Å²) >= 11 is 0. The van der Waals surface area contributed by atoms with Gasteiger partial charge in [-0.05, 0) is 38.3 Å². The Bertz CT molecular complexity index is 676. The molecule has 1 aromatic rings. The highest BCUT2D eigenvalue weighted by molar-refractivity contribution is 7.89. The summed E-state index contributed by atoms with van der Waals surface area (Å²) in [7, 11) is -3.85. The highest BCUT2D eigenvalue weighted by Gasteiger charge is 2.42. The summed E-state index contributed by atoms with van der Waals surface area (Å²) in [4.78, 5) is 22.2. The van der Waals surface area contributed by atoms with Gasteiger partial charge in [0.1, 0.15) is 0 Å². The summed E-state index contributed by atoms with van der Waals surface area (Å²) in [5.41, 5.74) is -0.601. The monoisotopic (exact) mass is 311 g/mol. The van der Waals surface area contributed by atoms with Gasteiger partial charge in [-0.15, -0.1) is 0 Å². The molecule has 0 unspecified atom stereocenters. The molecule has 0 spiro atoms. The molecule has 0 aliphatic heterocycles. The molecule has 0 heterocycles. The van der Waals surface area contributed by atoms with Crippen molar-refractivity contribution < 1.29 is 23.1 Å². The van der Waals surface area contributed by atoms with Crippen LogP contribution in [0.1, 0.15) is 43.0 Å². The number of sulfonamides is 1. The lowest BCUT2D eigenvalue weighted by atomic mass is 9.75. The topological polar surface area (TPSA) is 101 Å². The Morgan fingerprint density at radius 2 is 2.00 bits per heavy atom. The number of rotatable bonds is 6. The predicted octanol–water partition coefficient (Wildman–Crippen LogP) is 1.56. The molecule has 0 bridgehead atoms. The molecule has 1 aliphatic carbocycles. The quantitative estimate of drug-likeness (QED) is 0.777. The fraction of sp³-hybridized carbons (Fsp3) is 0.429. The van der Waals surface area contributed by atoms with E-state index in [0.29, 0.717) is 18.4 Å². The number of aliphatic carboxylic acids is 1. The van der Waals surface area contributed by atoms with Gasteiger partial charge in [0, 0.05) is 11.1 Å². The predicted molar refractivity (Wildman–Crippen MR) is 75.6 cm³/mol. The Morgan fingerprint density at radius 1 is 1.33 bits per heavy atom. The Kier molecular flexibility index (Phi) is 4.15. The van der Waals surface area contributed by atoms with Gasteiger partial charge >= 0.3 is 5.97 Å². The van der Waals surface area contributed by atoms with Gasteiger partial charge in [0.15, 0.2) is 5.78 Å². The zero-order chi connectivity index (χ0) is 15.7. The molecule has 0 amide bonds. The van der Waals surface area contributed by atoms with E-state index in [4.69, 9.17) is 5.11 Å². The molecule has 0 atom stereocenters. The minimum Gasteiger partial charge on any atom is -0.481 e. The van der Waals surface area contributed by atoms with Crippen molar-refractivity contribution in [2.75, 3.05) is 0 Å². The molecule has 1 aliphatic rings. The molecule has 2 N–H and O–H groups in total. The highest BCUT2D eigenvalue weighted by atomic mass is 32.2. The zero-order valence-corrected chi connectivity index (χ0v) is 12.4. The van der Waals surface area contributed by atoms with Crippen molar-refractivity contribution in [3.05, 3.63) is 29.8 Å². The molecule has 6 nitrogen and oxygen atoms in total. The number of benzene rings is 1. The van der Waals surface area contributed by atoms with E-state index in [1.165, 1.54) is 31.2 Å². The van der Waals surface area contributed by atoms with Crippen LogP contribution in [0.3, 0.4) is 0 Å². The molecular formula is C14H17NO5S. The van der Waals surface area contributed by atoms with E-state index in [1.807, 2.05) is 0 Å². The largest absolute Gasteiger partial charge is 0.481 e. The van der Waals surface area contributed by atoms with E-state index >= 15 is 0 Å². The Hall–Kier alpha value is -1.73. The molecule has 1 fully saturated rings. The Balaban J connectivity index is 2.28. The second kappa shape index (κ2) is 5.57. The van der Waals surface area contributed by atoms with E-state index in [1.54, 1.807) is 0 Å². The highest BCUT2D eigenvalue weighted by Crippen LogP contribution is 2.36. The molecule has 0 radical (unpaired) electrons. The molecule has 1 saturated carbocycles.